The molecule has 1 aromatic heterocycles. The Morgan fingerprint density at radius 2 is 1.39 bits per heavy atom. The zero-order valence-corrected chi connectivity index (χ0v) is 25.2. The van der Waals surface area contributed by atoms with Gasteiger partial charge in [0.2, 0.25) is 11.8 Å². The van der Waals surface area contributed by atoms with Gasteiger partial charge in [-0.1, -0.05) is 70.2 Å². The largest absolute Gasteiger partial charge is 0.478 e. The molecule has 0 N–H and O–H groups in total. The van der Waals surface area contributed by atoms with Gasteiger partial charge >= 0.3 is 0 Å². The van der Waals surface area contributed by atoms with Gasteiger partial charge in [-0.2, -0.15) is 9.37 Å². The highest BCUT2D eigenvalue weighted by Crippen LogP contribution is 2.50. The minimum atomic E-state index is -3.34. The summed E-state index contributed by atoms with van der Waals surface area (Å²) in [7, 11) is 0. The molecule has 3 rings (SSSR count). The number of ether oxygens (including phenoxy) is 3. The Bertz CT molecular complexity index is 999. The quantitative estimate of drug-likeness (QED) is 0.109. The second kappa shape index (κ2) is 18.4. The third-order valence-electron chi connectivity index (χ3n) is 7.86. The van der Waals surface area contributed by atoms with Gasteiger partial charge in [0.15, 0.2) is 0 Å². The number of fused-ring (bicyclic) bond motifs is 1. The van der Waals surface area contributed by atoms with Crippen LogP contribution in [0.3, 0.4) is 0 Å². The lowest BCUT2D eigenvalue weighted by atomic mass is 9.77. The molecule has 7 heteroatoms. The van der Waals surface area contributed by atoms with Gasteiger partial charge < -0.3 is 14.2 Å². The maximum atomic E-state index is 15.6. The molecule has 1 heterocycles. The van der Waals surface area contributed by atoms with Gasteiger partial charge in [-0.15, -0.1) is 0 Å². The fourth-order valence-electron chi connectivity index (χ4n) is 5.38. The number of unbranched alkanes of at least 4 members (excludes halogenated alkanes) is 7. The van der Waals surface area contributed by atoms with E-state index in [1.54, 1.807) is 12.1 Å². The Morgan fingerprint density at radius 3 is 2.07 bits per heavy atom. The molecular formula is C34H50F3NO3. The number of alkyl halides is 2. The summed E-state index contributed by atoms with van der Waals surface area (Å²) >= 11 is 0. The molecule has 2 aromatic rings. The third kappa shape index (κ3) is 10.9. The summed E-state index contributed by atoms with van der Waals surface area (Å²) < 4.78 is 63.0. The number of hydrogen-bond acceptors (Lipinski definition) is 4. The number of rotatable bonds is 21. The fraction of sp³-hybridized carbons (Fsp3) is 0.676. The van der Waals surface area contributed by atoms with Crippen LogP contribution in [0, 0.1) is 5.95 Å². The van der Waals surface area contributed by atoms with E-state index in [2.05, 4.69) is 18.8 Å². The van der Waals surface area contributed by atoms with Crippen molar-refractivity contribution in [3.63, 3.8) is 0 Å². The Labute approximate surface area is 245 Å². The van der Waals surface area contributed by atoms with Gasteiger partial charge in [0, 0.05) is 32.5 Å². The number of nitrogens with zero attached hydrogens (tertiary/aromatic N) is 1. The summed E-state index contributed by atoms with van der Waals surface area (Å²) in [6, 6.07) is 8.93. The lowest BCUT2D eigenvalue weighted by molar-refractivity contribution is -0.0475. The van der Waals surface area contributed by atoms with Gasteiger partial charge in [0.05, 0.1) is 18.1 Å². The predicted octanol–water partition coefficient (Wildman–Crippen LogP) is 9.33. The first-order valence-corrected chi connectivity index (χ1v) is 15.9. The minimum Gasteiger partial charge on any atom is -0.478 e. The van der Waals surface area contributed by atoms with Gasteiger partial charge in [0.1, 0.15) is 0 Å². The first kappa shape index (κ1) is 33.4. The lowest BCUT2D eigenvalue weighted by Crippen LogP contribution is -2.32. The van der Waals surface area contributed by atoms with Crippen LogP contribution in [0.5, 0.6) is 5.88 Å². The molecule has 0 bridgehead atoms. The van der Waals surface area contributed by atoms with Crippen LogP contribution in [0.15, 0.2) is 30.3 Å². The van der Waals surface area contributed by atoms with Crippen molar-refractivity contribution in [1.29, 1.82) is 0 Å². The molecule has 0 aliphatic heterocycles. The lowest BCUT2D eigenvalue weighted by Gasteiger charge is -2.33. The van der Waals surface area contributed by atoms with Crippen molar-refractivity contribution in [2.24, 2.45) is 0 Å². The van der Waals surface area contributed by atoms with E-state index in [1.807, 2.05) is 12.1 Å². The van der Waals surface area contributed by atoms with Crippen molar-refractivity contribution in [3.05, 3.63) is 58.5 Å². The zero-order valence-electron chi connectivity index (χ0n) is 25.2. The van der Waals surface area contributed by atoms with Gasteiger partial charge in [-0.05, 0) is 74.5 Å². The van der Waals surface area contributed by atoms with Gasteiger partial charge in [-0.25, -0.2) is 8.78 Å². The summed E-state index contributed by atoms with van der Waals surface area (Å²) in [5.74, 6) is -5.46. The average molecular weight is 578 g/mol. The van der Waals surface area contributed by atoms with Crippen molar-refractivity contribution in [2.45, 2.75) is 116 Å². The Hall–Kier alpha value is -2.12. The third-order valence-corrected chi connectivity index (χ3v) is 7.86. The van der Waals surface area contributed by atoms with E-state index in [9.17, 15) is 4.39 Å². The molecule has 0 saturated carbocycles. The van der Waals surface area contributed by atoms with Crippen molar-refractivity contribution in [2.75, 3.05) is 33.0 Å². The molecule has 0 radical (unpaired) electrons. The van der Waals surface area contributed by atoms with Gasteiger partial charge in [-0.3, -0.25) is 0 Å². The van der Waals surface area contributed by atoms with Crippen LogP contribution in [-0.2, 0) is 28.2 Å². The topological polar surface area (TPSA) is 40.6 Å². The van der Waals surface area contributed by atoms with Crippen LogP contribution in [0.25, 0.3) is 0 Å². The molecule has 4 nitrogen and oxygen atoms in total. The molecule has 0 saturated heterocycles. The molecule has 230 valence electrons. The summed E-state index contributed by atoms with van der Waals surface area (Å²) in [6.45, 7) is 7.73. The molecule has 0 fully saturated rings. The molecule has 1 aromatic carbocycles. The maximum absolute atomic E-state index is 15.6. The van der Waals surface area contributed by atoms with Crippen molar-refractivity contribution < 1.29 is 27.4 Å². The fourth-order valence-corrected chi connectivity index (χ4v) is 5.38. The van der Waals surface area contributed by atoms with Crippen LogP contribution >= 0.6 is 0 Å². The van der Waals surface area contributed by atoms with Crippen molar-refractivity contribution in [1.82, 2.24) is 4.98 Å². The van der Waals surface area contributed by atoms with E-state index in [4.69, 9.17) is 14.2 Å². The Balaban J connectivity index is 1.44. The number of pyridine rings is 1. The normalized spacial score (nSPS) is 16.1. The number of halogens is 3. The minimum absolute atomic E-state index is 0.0743. The summed E-state index contributed by atoms with van der Waals surface area (Å²) in [5.41, 5.74) is 1.39. The molecule has 1 aliphatic carbocycles. The first-order valence-electron chi connectivity index (χ1n) is 15.9. The molecule has 0 spiro atoms. The number of hydrogen-bond donors (Lipinski definition) is 0. The van der Waals surface area contributed by atoms with Crippen molar-refractivity contribution in [3.8, 4) is 5.88 Å². The SMILES string of the molecule is CCCCCCOCCCCCc1ccc(C2CCc3cc(OCCCCOCCCC)nc(F)c3C2(F)F)cc1. The highest BCUT2D eigenvalue weighted by molar-refractivity contribution is 5.40. The monoisotopic (exact) mass is 577 g/mol. The highest BCUT2D eigenvalue weighted by atomic mass is 19.3. The molecule has 41 heavy (non-hydrogen) atoms. The number of aromatic nitrogens is 1. The van der Waals surface area contributed by atoms with E-state index in [1.165, 1.54) is 25.3 Å². The van der Waals surface area contributed by atoms with Gasteiger partial charge in [0.25, 0.3) is 5.92 Å². The second-order valence-corrected chi connectivity index (χ2v) is 11.2. The smallest absolute Gasteiger partial charge is 0.284 e. The van der Waals surface area contributed by atoms with E-state index >= 15 is 8.78 Å². The van der Waals surface area contributed by atoms with Crippen LogP contribution in [0.2, 0.25) is 0 Å². The van der Waals surface area contributed by atoms with Crippen molar-refractivity contribution >= 4 is 0 Å². The highest BCUT2D eigenvalue weighted by Gasteiger charge is 2.49. The van der Waals surface area contributed by atoms with E-state index in [0.29, 0.717) is 30.8 Å². The molecule has 0 amide bonds. The van der Waals surface area contributed by atoms with Crippen LogP contribution in [0.4, 0.5) is 13.2 Å². The van der Waals surface area contributed by atoms with Crippen LogP contribution < -0.4 is 4.74 Å². The first-order chi connectivity index (χ1) is 20.0. The zero-order chi connectivity index (χ0) is 29.3. The molecular weight excluding hydrogens is 527 g/mol. The molecule has 1 aliphatic rings. The Kier molecular flexibility index (Phi) is 15.0. The van der Waals surface area contributed by atoms with E-state index < -0.39 is 23.4 Å². The Morgan fingerprint density at radius 1 is 0.780 bits per heavy atom. The standard InChI is InChI=1S/C34H50F3NO3/c1-3-5-7-10-22-40-23-11-8-9-14-27-15-17-28(18-16-27)30-20-19-29-26-31(38-33(35)32(29)34(30,36)37)41-25-13-12-24-39-21-6-4-2/h15-18,26,30H,3-14,19-25H2,1-2H3. The predicted molar refractivity (Wildman–Crippen MR) is 159 cm³/mol. The number of aryl methyl sites for hydroxylation is 2. The number of benzene rings is 1. The summed E-state index contributed by atoms with van der Waals surface area (Å²) in [5, 5.41) is 0. The second-order valence-electron chi connectivity index (χ2n) is 11.2. The molecule has 1 unspecified atom stereocenters. The summed E-state index contributed by atoms with van der Waals surface area (Å²) in [4.78, 5) is 3.75. The van der Waals surface area contributed by atoms with E-state index in [-0.39, 0.29) is 12.3 Å². The average Bonchev–Trinajstić information content (AvgIpc) is 2.95. The van der Waals surface area contributed by atoms with E-state index in [0.717, 1.165) is 83.2 Å². The summed E-state index contributed by atoms with van der Waals surface area (Å²) in [6.07, 6.45) is 13.3. The van der Waals surface area contributed by atoms with Crippen LogP contribution in [-0.4, -0.2) is 38.0 Å². The maximum Gasteiger partial charge on any atom is 0.284 e. The van der Waals surface area contributed by atoms with Crippen LogP contribution in [0.1, 0.15) is 119 Å². The molecule has 1 atom stereocenters.